The molecule has 1 fully saturated rings. The number of likely N-dealkylation sites (tertiary alicyclic amines) is 1. The highest BCUT2D eigenvalue weighted by Crippen LogP contribution is 2.24. The summed E-state index contributed by atoms with van der Waals surface area (Å²) in [5.41, 5.74) is 1.20. The number of halogens is 1. The van der Waals surface area contributed by atoms with Gasteiger partial charge in [0.15, 0.2) is 0 Å². The second-order valence-electron chi connectivity index (χ2n) is 5.33. The molecule has 1 aromatic heterocycles. The molecule has 1 saturated heterocycles. The van der Waals surface area contributed by atoms with Gasteiger partial charge in [-0.3, -0.25) is 4.98 Å². The van der Waals surface area contributed by atoms with Gasteiger partial charge < -0.3 is 9.80 Å². The number of piperidine rings is 1. The van der Waals surface area contributed by atoms with Crippen LogP contribution in [0.3, 0.4) is 0 Å². The molecule has 0 N–H and O–H groups in total. The fourth-order valence-electron chi connectivity index (χ4n) is 2.59. The third-order valence-corrected chi connectivity index (χ3v) is 4.31. The lowest BCUT2D eigenvalue weighted by Gasteiger charge is -2.39. The topological polar surface area (TPSA) is 19.4 Å². The normalized spacial score (nSPS) is 18.3. The standard InChI is InChI=1S/C14H22BrN3/c1-11(2)18-6-4-13(5-7-18)17(3)14-8-12(15)9-16-10-14/h8-11,13H,4-7H2,1-3H3. The largest absolute Gasteiger partial charge is 0.370 e. The summed E-state index contributed by atoms with van der Waals surface area (Å²) in [5, 5.41) is 0. The predicted molar refractivity (Wildman–Crippen MR) is 80.1 cm³/mol. The second kappa shape index (κ2) is 6.02. The van der Waals surface area contributed by atoms with Gasteiger partial charge in [-0.1, -0.05) is 0 Å². The Morgan fingerprint density at radius 2 is 2.00 bits per heavy atom. The van der Waals surface area contributed by atoms with E-state index in [0.29, 0.717) is 12.1 Å². The molecule has 1 aromatic rings. The van der Waals surface area contributed by atoms with Crippen molar-refractivity contribution in [3.63, 3.8) is 0 Å². The summed E-state index contributed by atoms with van der Waals surface area (Å²) in [5.74, 6) is 0. The maximum Gasteiger partial charge on any atom is 0.0563 e. The minimum atomic E-state index is 0.635. The first-order chi connectivity index (χ1) is 8.58. The van der Waals surface area contributed by atoms with Gasteiger partial charge in [0.25, 0.3) is 0 Å². The van der Waals surface area contributed by atoms with Crippen LogP contribution in [-0.2, 0) is 0 Å². The molecule has 4 heteroatoms. The maximum atomic E-state index is 4.24. The molecule has 18 heavy (non-hydrogen) atoms. The molecule has 2 heterocycles. The molecule has 0 radical (unpaired) electrons. The Hall–Kier alpha value is -0.610. The third-order valence-electron chi connectivity index (χ3n) is 3.87. The van der Waals surface area contributed by atoms with Crippen molar-refractivity contribution in [2.24, 2.45) is 0 Å². The summed E-state index contributed by atoms with van der Waals surface area (Å²) < 4.78 is 1.05. The third kappa shape index (κ3) is 3.23. The van der Waals surface area contributed by atoms with E-state index in [-0.39, 0.29) is 0 Å². The zero-order valence-electron chi connectivity index (χ0n) is 11.4. The molecule has 0 unspecified atom stereocenters. The van der Waals surface area contributed by atoms with Crippen LogP contribution in [0.2, 0.25) is 0 Å². The lowest BCUT2D eigenvalue weighted by Crippen LogP contribution is -2.45. The first-order valence-electron chi connectivity index (χ1n) is 6.65. The van der Waals surface area contributed by atoms with E-state index in [1.54, 1.807) is 0 Å². The van der Waals surface area contributed by atoms with Gasteiger partial charge in [0.1, 0.15) is 0 Å². The van der Waals surface area contributed by atoms with Crippen molar-refractivity contribution in [2.75, 3.05) is 25.0 Å². The van der Waals surface area contributed by atoms with Gasteiger partial charge >= 0.3 is 0 Å². The first kappa shape index (κ1) is 13.8. The molecule has 0 aromatic carbocycles. The molecule has 0 saturated carbocycles. The van der Waals surface area contributed by atoms with Crippen molar-refractivity contribution in [2.45, 2.75) is 38.8 Å². The number of anilines is 1. The minimum absolute atomic E-state index is 0.635. The van der Waals surface area contributed by atoms with Crippen molar-refractivity contribution < 1.29 is 0 Å². The summed E-state index contributed by atoms with van der Waals surface area (Å²) >= 11 is 3.49. The van der Waals surface area contributed by atoms with E-state index in [4.69, 9.17) is 0 Å². The van der Waals surface area contributed by atoms with E-state index in [9.17, 15) is 0 Å². The average molecular weight is 312 g/mol. The smallest absolute Gasteiger partial charge is 0.0563 e. The fourth-order valence-corrected chi connectivity index (χ4v) is 2.95. The van der Waals surface area contributed by atoms with Crippen molar-refractivity contribution >= 4 is 21.6 Å². The zero-order chi connectivity index (χ0) is 13.1. The summed E-state index contributed by atoms with van der Waals surface area (Å²) in [7, 11) is 2.18. The average Bonchev–Trinajstić information content (AvgIpc) is 2.38. The van der Waals surface area contributed by atoms with Crippen molar-refractivity contribution in [3.8, 4) is 0 Å². The van der Waals surface area contributed by atoms with Crippen LogP contribution in [0.25, 0.3) is 0 Å². The molecule has 0 spiro atoms. The van der Waals surface area contributed by atoms with Gasteiger partial charge in [-0.15, -0.1) is 0 Å². The first-order valence-corrected chi connectivity index (χ1v) is 7.44. The SMILES string of the molecule is CC(C)N1CCC(N(C)c2cncc(Br)c2)CC1. The molecular weight excluding hydrogens is 290 g/mol. The second-order valence-corrected chi connectivity index (χ2v) is 6.25. The monoisotopic (exact) mass is 311 g/mol. The van der Waals surface area contributed by atoms with Crippen molar-refractivity contribution in [1.82, 2.24) is 9.88 Å². The summed E-state index contributed by atoms with van der Waals surface area (Å²) in [4.78, 5) is 9.17. The van der Waals surface area contributed by atoms with Gasteiger partial charge in [0.2, 0.25) is 0 Å². The highest BCUT2D eigenvalue weighted by Gasteiger charge is 2.23. The number of hydrogen-bond donors (Lipinski definition) is 0. The van der Waals surface area contributed by atoms with Crippen LogP contribution < -0.4 is 4.90 Å². The van der Waals surface area contributed by atoms with Gasteiger partial charge in [-0.2, -0.15) is 0 Å². The Morgan fingerprint density at radius 3 is 2.56 bits per heavy atom. The van der Waals surface area contributed by atoms with Crippen molar-refractivity contribution in [3.05, 3.63) is 22.9 Å². The Kier molecular flexibility index (Phi) is 4.62. The van der Waals surface area contributed by atoms with E-state index in [1.807, 2.05) is 12.4 Å². The molecule has 100 valence electrons. The number of pyridine rings is 1. The minimum Gasteiger partial charge on any atom is -0.370 e. The van der Waals surface area contributed by atoms with Crippen LogP contribution in [0.4, 0.5) is 5.69 Å². The number of hydrogen-bond acceptors (Lipinski definition) is 3. The van der Waals surface area contributed by atoms with Crippen LogP contribution in [-0.4, -0.2) is 42.1 Å². The van der Waals surface area contributed by atoms with E-state index < -0.39 is 0 Å². The highest BCUT2D eigenvalue weighted by atomic mass is 79.9. The zero-order valence-corrected chi connectivity index (χ0v) is 13.0. The quantitative estimate of drug-likeness (QED) is 0.855. The van der Waals surface area contributed by atoms with E-state index in [1.165, 1.54) is 31.6 Å². The van der Waals surface area contributed by atoms with Gasteiger partial charge in [0, 0.05) is 42.9 Å². The molecule has 1 aliphatic rings. The van der Waals surface area contributed by atoms with E-state index in [0.717, 1.165) is 4.47 Å². The summed E-state index contributed by atoms with van der Waals surface area (Å²) in [6.07, 6.45) is 6.25. The molecule has 3 nitrogen and oxygen atoms in total. The molecule has 2 rings (SSSR count). The summed E-state index contributed by atoms with van der Waals surface area (Å²) in [6.45, 7) is 6.97. The van der Waals surface area contributed by atoms with Gasteiger partial charge in [-0.25, -0.2) is 0 Å². The highest BCUT2D eigenvalue weighted by molar-refractivity contribution is 9.10. The molecule has 0 bridgehead atoms. The molecular formula is C14H22BrN3. The lowest BCUT2D eigenvalue weighted by molar-refractivity contribution is 0.171. The van der Waals surface area contributed by atoms with Crippen molar-refractivity contribution in [1.29, 1.82) is 0 Å². The molecule has 1 aliphatic heterocycles. The van der Waals surface area contributed by atoms with Gasteiger partial charge in [-0.05, 0) is 48.7 Å². The Labute approximate surface area is 118 Å². The molecule has 0 amide bonds. The Balaban J connectivity index is 1.97. The van der Waals surface area contributed by atoms with Crippen LogP contribution in [0.15, 0.2) is 22.9 Å². The van der Waals surface area contributed by atoms with Crippen LogP contribution in [0.1, 0.15) is 26.7 Å². The van der Waals surface area contributed by atoms with Crippen LogP contribution in [0.5, 0.6) is 0 Å². The Morgan fingerprint density at radius 1 is 1.33 bits per heavy atom. The number of rotatable bonds is 3. The lowest BCUT2D eigenvalue weighted by atomic mass is 10.0. The van der Waals surface area contributed by atoms with Crippen LogP contribution in [0, 0.1) is 0 Å². The van der Waals surface area contributed by atoms with Crippen LogP contribution >= 0.6 is 15.9 Å². The molecule has 0 aliphatic carbocycles. The van der Waals surface area contributed by atoms with E-state index in [2.05, 4.69) is 57.7 Å². The number of nitrogens with zero attached hydrogens (tertiary/aromatic N) is 3. The molecule has 0 atom stereocenters. The fraction of sp³-hybridized carbons (Fsp3) is 0.643. The van der Waals surface area contributed by atoms with Gasteiger partial charge in [0.05, 0.1) is 11.9 Å². The summed E-state index contributed by atoms with van der Waals surface area (Å²) in [6, 6.07) is 3.45. The number of aromatic nitrogens is 1. The predicted octanol–water partition coefficient (Wildman–Crippen LogP) is 3.15. The van der Waals surface area contributed by atoms with E-state index >= 15 is 0 Å². The Bertz CT molecular complexity index is 386. The maximum absolute atomic E-state index is 4.24.